The van der Waals surface area contributed by atoms with E-state index in [1.165, 1.54) is 19.1 Å². The number of carbonyl (C=O) groups is 1. The lowest BCUT2D eigenvalue weighted by Crippen LogP contribution is -2.47. The van der Waals surface area contributed by atoms with Gasteiger partial charge in [-0.05, 0) is 36.3 Å². The highest BCUT2D eigenvalue weighted by molar-refractivity contribution is 7.07. The minimum atomic E-state index is -4.88. The number of hydrogen-bond donors (Lipinski definition) is 1. The second kappa shape index (κ2) is 10.2. The molecule has 2 heterocycles. The van der Waals surface area contributed by atoms with Crippen LogP contribution in [-0.2, 0) is 21.9 Å². The molecule has 1 aromatic heterocycles. The van der Waals surface area contributed by atoms with Crippen molar-refractivity contribution in [2.75, 3.05) is 6.61 Å². The fourth-order valence-electron chi connectivity index (χ4n) is 4.42. The zero-order chi connectivity index (χ0) is 28.7. The Kier molecular flexibility index (Phi) is 7.27. The third kappa shape index (κ3) is 4.99. The molecule has 0 radical (unpaired) electrons. The summed E-state index contributed by atoms with van der Waals surface area (Å²) in [6, 6.07) is 10.4. The number of rotatable bonds is 4. The topological polar surface area (TPSA) is 95.9 Å². The maximum atomic E-state index is 13.9. The monoisotopic (exact) mass is 565 g/mol. The number of halogens is 6. The van der Waals surface area contributed by atoms with Gasteiger partial charge >= 0.3 is 18.3 Å². The first-order chi connectivity index (χ1) is 18.3. The van der Waals surface area contributed by atoms with Crippen LogP contribution >= 0.6 is 11.3 Å². The molecule has 0 saturated carbocycles. The molecule has 1 aliphatic rings. The van der Waals surface area contributed by atoms with Crippen LogP contribution in [-0.4, -0.2) is 23.0 Å². The predicted octanol–water partition coefficient (Wildman–Crippen LogP) is 4.25. The average molecular weight is 565 g/mol. The van der Waals surface area contributed by atoms with Gasteiger partial charge in [0.15, 0.2) is 0 Å². The van der Waals surface area contributed by atoms with E-state index in [-0.39, 0.29) is 21.4 Å². The van der Waals surface area contributed by atoms with Crippen LogP contribution in [0, 0.1) is 22.7 Å². The van der Waals surface area contributed by atoms with Gasteiger partial charge in [0.25, 0.3) is 5.56 Å². The van der Waals surface area contributed by atoms with E-state index in [1.54, 1.807) is 6.07 Å². The van der Waals surface area contributed by atoms with Gasteiger partial charge in [-0.2, -0.15) is 31.6 Å². The van der Waals surface area contributed by atoms with Crippen LogP contribution in [0.25, 0.3) is 11.6 Å². The van der Waals surface area contributed by atoms with E-state index >= 15 is 0 Å². The van der Waals surface area contributed by atoms with Gasteiger partial charge in [0.1, 0.15) is 16.4 Å². The molecular formula is C26H17F6N3O3S. The summed E-state index contributed by atoms with van der Waals surface area (Å²) in [6.45, 7) is 1.25. The first-order valence-corrected chi connectivity index (χ1v) is 12.1. The fourth-order valence-corrected chi connectivity index (χ4v) is 5.59. The quantitative estimate of drug-likeness (QED) is 0.378. The number of carbonyl (C=O) groups excluding carboxylic acids is 1. The van der Waals surface area contributed by atoms with Crippen LogP contribution in [0.2, 0.25) is 0 Å². The summed E-state index contributed by atoms with van der Waals surface area (Å²) < 4.78 is 87.5. The Morgan fingerprint density at radius 2 is 1.67 bits per heavy atom. The number of fused-ring (bicyclic) bond motifs is 1. The van der Waals surface area contributed by atoms with E-state index in [2.05, 4.69) is 0 Å². The molecular weight excluding hydrogens is 548 g/mol. The summed E-state index contributed by atoms with van der Waals surface area (Å²) >= 11 is 0.525. The van der Waals surface area contributed by atoms with Gasteiger partial charge in [-0.1, -0.05) is 36.4 Å². The Morgan fingerprint density at radius 3 is 2.26 bits per heavy atom. The van der Waals surface area contributed by atoms with Crippen molar-refractivity contribution in [1.82, 2.24) is 4.57 Å². The molecule has 6 nitrogen and oxygen atoms in total. The zero-order valence-electron chi connectivity index (χ0n) is 19.9. The molecule has 3 aromatic rings. The van der Waals surface area contributed by atoms with Gasteiger partial charge in [0.2, 0.25) is 0 Å². The summed E-state index contributed by atoms with van der Waals surface area (Å²) in [6.07, 6.45) is -8.71. The molecule has 13 heteroatoms. The molecule has 1 aliphatic heterocycles. The number of aromatic nitrogens is 1. The number of nitrogens with one attached hydrogen (secondary N) is 1. The Hall–Kier alpha value is -4.18. The molecule has 202 valence electrons. The Balaban J connectivity index is 2.13. The van der Waals surface area contributed by atoms with E-state index < -0.39 is 63.8 Å². The molecule has 1 N–H and O–H groups in total. The standard InChI is InChI=1S/C26H17F6N3O3S/c1-2-38-24(37)20-19(14-8-4-6-10-17(14)26(30,31)32)15(12-33)21(34)35-22(36)18(39-23(20)35)11-13-7-3-5-9-16(13)25(27,28)29/h3-11,15,19,34H,2H2,1H3. The van der Waals surface area contributed by atoms with Crippen molar-refractivity contribution in [3.8, 4) is 6.07 Å². The molecule has 0 aliphatic carbocycles. The number of benzene rings is 2. The largest absolute Gasteiger partial charge is 0.463 e. The van der Waals surface area contributed by atoms with Gasteiger partial charge in [0, 0.05) is 5.92 Å². The number of nitriles is 1. The van der Waals surface area contributed by atoms with E-state index in [0.29, 0.717) is 15.9 Å². The molecule has 0 fully saturated rings. The Bertz CT molecular complexity index is 1700. The minimum Gasteiger partial charge on any atom is -0.463 e. The smallest absolute Gasteiger partial charge is 0.416 e. The number of nitrogens with zero attached hydrogens (tertiary/aromatic N) is 2. The highest BCUT2D eigenvalue weighted by Crippen LogP contribution is 2.42. The van der Waals surface area contributed by atoms with Crippen molar-refractivity contribution in [1.29, 1.82) is 10.7 Å². The summed E-state index contributed by atoms with van der Waals surface area (Å²) in [7, 11) is 0. The van der Waals surface area contributed by atoms with Crippen LogP contribution in [0.4, 0.5) is 26.3 Å². The van der Waals surface area contributed by atoms with Crippen LogP contribution in [0.5, 0.6) is 0 Å². The van der Waals surface area contributed by atoms with E-state index in [0.717, 1.165) is 42.5 Å². The van der Waals surface area contributed by atoms with E-state index in [9.17, 15) is 41.2 Å². The van der Waals surface area contributed by atoms with Crippen molar-refractivity contribution >= 4 is 34.8 Å². The van der Waals surface area contributed by atoms with E-state index in [1.807, 2.05) is 0 Å². The molecule has 0 spiro atoms. The van der Waals surface area contributed by atoms with Crippen LogP contribution in [0.3, 0.4) is 0 Å². The molecule has 0 bridgehead atoms. The average Bonchev–Trinajstić information content (AvgIpc) is 3.18. The van der Waals surface area contributed by atoms with Gasteiger partial charge < -0.3 is 4.74 Å². The lowest BCUT2D eigenvalue weighted by molar-refractivity contribution is -0.139. The normalized spacial score (nSPS) is 18.1. The van der Waals surface area contributed by atoms with Crippen LogP contribution in [0.1, 0.15) is 35.1 Å². The van der Waals surface area contributed by atoms with Crippen LogP contribution in [0.15, 0.2) is 53.3 Å². The molecule has 2 unspecified atom stereocenters. The predicted molar refractivity (Wildman–Crippen MR) is 129 cm³/mol. The summed E-state index contributed by atoms with van der Waals surface area (Å²) in [5.74, 6) is -5.20. The number of esters is 1. The lowest BCUT2D eigenvalue weighted by atomic mass is 9.77. The highest BCUT2D eigenvalue weighted by Gasteiger charge is 2.45. The Morgan fingerprint density at radius 1 is 1.08 bits per heavy atom. The van der Waals surface area contributed by atoms with Gasteiger partial charge in [-0.3, -0.25) is 14.8 Å². The fraction of sp³-hybridized carbons (Fsp3) is 0.231. The first-order valence-electron chi connectivity index (χ1n) is 11.3. The van der Waals surface area contributed by atoms with Gasteiger partial charge in [-0.15, -0.1) is 11.3 Å². The molecule has 2 aromatic carbocycles. The zero-order valence-corrected chi connectivity index (χ0v) is 20.7. The number of alkyl halides is 6. The molecule has 0 saturated heterocycles. The maximum absolute atomic E-state index is 13.9. The number of ether oxygens (including phenoxy) is 1. The number of thiazole rings is 1. The first kappa shape index (κ1) is 27.8. The van der Waals surface area contributed by atoms with Crippen molar-refractivity contribution in [2.45, 2.75) is 25.2 Å². The second-order valence-corrected chi connectivity index (χ2v) is 9.36. The number of hydrogen-bond acceptors (Lipinski definition) is 6. The SMILES string of the molecule is CCOC(=O)C1=c2sc(=Cc3ccccc3C(F)(F)F)c(=O)n2C(=N)C(C#N)C1c1ccccc1C(F)(F)F. The van der Waals surface area contributed by atoms with Gasteiger partial charge in [-0.25, -0.2) is 4.79 Å². The third-order valence-corrected chi connectivity index (χ3v) is 7.13. The third-order valence-electron chi connectivity index (χ3n) is 6.02. The molecule has 39 heavy (non-hydrogen) atoms. The van der Waals surface area contributed by atoms with Crippen molar-refractivity contribution < 1.29 is 35.9 Å². The summed E-state index contributed by atoms with van der Waals surface area (Å²) in [5, 5.41) is 18.5. The minimum absolute atomic E-state index is 0.196. The maximum Gasteiger partial charge on any atom is 0.416 e. The summed E-state index contributed by atoms with van der Waals surface area (Å²) in [4.78, 5) is 26.5. The van der Waals surface area contributed by atoms with Crippen molar-refractivity contribution in [3.63, 3.8) is 0 Å². The lowest BCUT2D eigenvalue weighted by Gasteiger charge is -2.30. The van der Waals surface area contributed by atoms with Crippen molar-refractivity contribution in [3.05, 3.63) is 90.3 Å². The molecule has 4 rings (SSSR count). The van der Waals surface area contributed by atoms with Crippen LogP contribution < -0.4 is 14.8 Å². The second-order valence-electron chi connectivity index (χ2n) is 8.33. The summed E-state index contributed by atoms with van der Waals surface area (Å²) in [5.41, 5.74) is -4.52. The van der Waals surface area contributed by atoms with Crippen molar-refractivity contribution in [2.24, 2.45) is 5.92 Å². The molecule has 2 atom stereocenters. The van der Waals surface area contributed by atoms with E-state index in [4.69, 9.17) is 10.1 Å². The highest BCUT2D eigenvalue weighted by atomic mass is 32.1. The van der Waals surface area contributed by atoms with Gasteiger partial charge in [0.05, 0.1) is 33.9 Å². The molecule has 0 amide bonds. The Labute approximate surface area is 220 Å².